The van der Waals surface area contributed by atoms with E-state index in [1.807, 2.05) is 31.5 Å². The number of hydrogen-bond acceptors (Lipinski definition) is 5. The van der Waals surface area contributed by atoms with Gasteiger partial charge in [0.15, 0.2) is 5.65 Å². The number of amides is 1. The van der Waals surface area contributed by atoms with Gasteiger partial charge >= 0.3 is 6.09 Å². The van der Waals surface area contributed by atoms with Gasteiger partial charge in [0, 0.05) is 35.3 Å². The Kier molecular flexibility index (Phi) is 5.17. The summed E-state index contributed by atoms with van der Waals surface area (Å²) in [5.41, 5.74) is 2.69. The van der Waals surface area contributed by atoms with Crippen molar-refractivity contribution in [3.8, 4) is 0 Å². The Labute approximate surface area is 172 Å². The van der Waals surface area contributed by atoms with E-state index in [2.05, 4.69) is 35.6 Å². The van der Waals surface area contributed by atoms with Crippen molar-refractivity contribution in [3.05, 3.63) is 23.5 Å². The molecule has 0 radical (unpaired) electrons. The lowest BCUT2D eigenvalue weighted by Gasteiger charge is -2.22. The molecular formula is C22H33N5O2. The summed E-state index contributed by atoms with van der Waals surface area (Å²) in [5.74, 6) is 2.23. The summed E-state index contributed by atoms with van der Waals surface area (Å²) in [6, 6.07) is 2.58. The number of nitrogens with zero attached hydrogens (tertiary/aromatic N) is 3. The SMILES string of the molecule is Cc1cnn2c(N[C@H]3CC[C@H](NC(=O)OC(C)(C)C)C3)cc([C@H](C)C3CC3)nc12. The molecule has 2 aliphatic carbocycles. The Morgan fingerprint density at radius 3 is 2.66 bits per heavy atom. The highest BCUT2D eigenvalue weighted by molar-refractivity contribution is 5.68. The van der Waals surface area contributed by atoms with Crippen LogP contribution >= 0.6 is 0 Å². The summed E-state index contributed by atoms with van der Waals surface area (Å²) in [5, 5.41) is 11.2. The topological polar surface area (TPSA) is 80.5 Å². The predicted octanol–water partition coefficient (Wildman–Crippen LogP) is 4.41. The number of ether oxygens (including phenoxy) is 1. The van der Waals surface area contributed by atoms with E-state index in [9.17, 15) is 4.79 Å². The van der Waals surface area contributed by atoms with Crippen LogP contribution in [0.15, 0.2) is 12.3 Å². The smallest absolute Gasteiger partial charge is 0.407 e. The minimum atomic E-state index is -0.477. The summed E-state index contributed by atoms with van der Waals surface area (Å²) in [4.78, 5) is 17.0. The molecule has 158 valence electrons. The van der Waals surface area contributed by atoms with E-state index in [1.165, 1.54) is 12.8 Å². The Morgan fingerprint density at radius 2 is 1.97 bits per heavy atom. The van der Waals surface area contributed by atoms with E-state index >= 15 is 0 Å². The molecule has 2 saturated carbocycles. The first-order chi connectivity index (χ1) is 13.7. The molecular weight excluding hydrogens is 366 g/mol. The third kappa shape index (κ3) is 4.65. The summed E-state index contributed by atoms with van der Waals surface area (Å²) in [6.45, 7) is 9.98. The molecule has 3 atom stereocenters. The van der Waals surface area contributed by atoms with Crippen LogP contribution in [-0.4, -0.2) is 38.4 Å². The van der Waals surface area contributed by atoms with E-state index in [0.717, 1.165) is 47.9 Å². The van der Waals surface area contributed by atoms with Crippen LogP contribution in [-0.2, 0) is 4.74 Å². The average Bonchev–Trinajstić information content (AvgIpc) is 3.29. The van der Waals surface area contributed by atoms with Crippen molar-refractivity contribution in [2.75, 3.05) is 5.32 Å². The minimum Gasteiger partial charge on any atom is -0.444 e. The highest BCUT2D eigenvalue weighted by Crippen LogP contribution is 2.42. The lowest BCUT2D eigenvalue weighted by molar-refractivity contribution is 0.0505. The largest absolute Gasteiger partial charge is 0.444 e. The summed E-state index contributed by atoms with van der Waals surface area (Å²) < 4.78 is 7.30. The number of aromatic nitrogens is 3. The van der Waals surface area contributed by atoms with Crippen LogP contribution in [0.5, 0.6) is 0 Å². The molecule has 2 N–H and O–H groups in total. The number of rotatable bonds is 5. The second kappa shape index (κ2) is 7.50. The Bertz CT molecular complexity index is 896. The number of carbonyl (C=O) groups is 1. The Morgan fingerprint density at radius 1 is 1.24 bits per heavy atom. The van der Waals surface area contributed by atoms with Gasteiger partial charge in [-0.05, 0) is 65.7 Å². The molecule has 0 bridgehead atoms. The molecule has 7 nitrogen and oxygen atoms in total. The van der Waals surface area contributed by atoms with Crippen molar-refractivity contribution in [2.24, 2.45) is 5.92 Å². The van der Waals surface area contributed by atoms with Crippen molar-refractivity contribution in [2.45, 2.75) is 90.3 Å². The molecule has 0 aromatic carbocycles. The molecule has 0 aliphatic heterocycles. The van der Waals surface area contributed by atoms with Gasteiger partial charge < -0.3 is 15.4 Å². The molecule has 0 spiro atoms. The second-order valence-electron chi connectivity index (χ2n) is 9.75. The first-order valence-corrected chi connectivity index (χ1v) is 10.8. The fourth-order valence-corrected chi connectivity index (χ4v) is 4.19. The van der Waals surface area contributed by atoms with Gasteiger partial charge in [0.2, 0.25) is 0 Å². The van der Waals surface area contributed by atoms with Gasteiger partial charge in [0.1, 0.15) is 11.4 Å². The van der Waals surface area contributed by atoms with Gasteiger partial charge in [-0.2, -0.15) is 9.61 Å². The van der Waals surface area contributed by atoms with E-state index in [-0.39, 0.29) is 18.2 Å². The molecule has 4 rings (SSSR count). The van der Waals surface area contributed by atoms with Crippen molar-refractivity contribution in [1.29, 1.82) is 0 Å². The molecule has 2 heterocycles. The third-order valence-electron chi connectivity index (χ3n) is 5.97. The number of carbonyl (C=O) groups excluding carboxylic acids is 1. The first kappa shape index (κ1) is 20.0. The maximum absolute atomic E-state index is 12.1. The molecule has 2 aromatic heterocycles. The zero-order valence-corrected chi connectivity index (χ0v) is 18.2. The molecule has 0 unspecified atom stereocenters. The van der Waals surface area contributed by atoms with Crippen molar-refractivity contribution >= 4 is 17.6 Å². The van der Waals surface area contributed by atoms with Crippen LogP contribution in [0.3, 0.4) is 0 Å². The van der Waals surface area contributed by atoms with Gasteiger partial charge in [-0.25, -0.2) is 9.78 Å². The molecule has 2 fully saturated rings. The van der Waals surface area contributed by atoms with Crippen LogP contribution in [0.2, 0.25) is 0 Å². The zero-order chi connectivity index (χ0) is 20.8. The molecule has 1 amide bonds. The van der Waals surface area contributed by atoms with E-state index in [4.69, 9.17) is 9.72 Å². The van der Waals surface area contributed by atoms with Crippen LogP contribution in [0, 0.1) is 12.8 Å². The minimum absolute atomic E-state index is 0.129. The quantitative estimate of drug-likeness (QED) is 0.778. The van der Waals surface area contributed by atoms with Crippen molar-refractivity contribution < 1.29 is 9.53 Å². The fraction of sp³-hybridized carbons (Fsp3) is 0.682. The second-order valence-corrected chi connectivity index (χ2v) is 9.75. The molecule has 29 heavy (non-hydrogen) atoms. The summed E-state index contributed by atoms with van der Waals surface area (Å²) in [6.07, 6.45) is 6.95. The molecule has 2 aromatic rings. The maximum atomic E-state index is 12.1. The van der Waals surface area contributed by atoms with Crippen LogP contribution in [0.25, 0.3) is 5.65 Å². The monoisotopic (exact) mass is 399 g/mol. The molecule has 7 heteroatoms. The van der Waals surface area contributed by atoms with E-state index < -0.39 is 5.60 Å². The van der Waals surface area contributed by atoms with Crippen molar-refractivity contribution in [3.63, 3.8) is 0 Å². The Balaban J connectivity index is 1.46. The maximum Gasteiger partial charge on any atom is 0.407 e. The van der Waals surface area contributed by atoms with E-state index in [1.54, 1.807) is 0 Å². The summed E-state index contributed by atoms with van der Waals surface area (Å²) in [7, 11) is 0. The number of hydrogen-bond donors (Lipinski definition) is 2. The predicted molar refractivity (Wildman–Crippen MR) is 113 cm³/mol. The standard InChI is InChI=1S/C22H33N5O2/c1-13-12-23-27-19(11-18(26-20(13)27)14(2)15-6-7-15)24-16-8-9-17(10-16)25-21(28)29-22(3,4)5/h11-12,14-17,24H,6-10H2,1-5H3,(H,25,28)/t14-,16+,17+/m1/s1. The van der Waals surface area contributed by atoms with Gasteiger partial charge in [-0.15, -0.1) is 0 Å². The van der Waals surface area contributed by atoms with Crippen LogP contribution in [0.1, 0.15) is 77.0 Å². The zero-order valence-electron chi connectivity index (χ0n) is 18.2. The Hall–Kier alpha value is -2.31. The lowest BCUT2D eigenvalue weighted by atomic mass is 10.0. The van der Waals surface area contributed by atoms with Crippen LogP contribution in [0.4, 0.5) is 10.6 Å². The highest BCUT2D eigenvalue weighted by Gasteiger charge is 2.32. The first-order valence-electron chi connectivity index (χ1n) is 10.8. The fourth-order valence-electron chi connectivity index (χ4n) is 4.19. The van der Waals surface area contributed by atoms with Gasteiger partial charge in [-0.3, -0.25) is 0 Å². The van der Waals surface area contributed by atoms with Crippen molar-refractivity contribution in [1.82, 2.24) is 19.9 Å². The number of fused-ring (bicyclic) bond motifs is 1. The number of anilines is 1. The van der Waals surface area contributed by atoms with Gasteiger partial charge in [0.05, 0.1) is 6.20 Å². The van der Waals surface area contributed by atoms with Gasteiger partial charge in [-0.1, -0.05) is 6.92 Å². The highest BCUT2D eigenvalue weighted by atomic mass is 16.6. The number of nitrogens with one attached hydrogen (secondary N) is 2. The third-order valence-corrected chi connectivity index (χ3v) is 5.97. The average molecular weight is 400 g/mol. The lowest BCUT2D eigenvalue weighted by Crippen LogP contribution is -2.38. The molecule has 0 saturated heterocycles. The van der Waals surface area contributed by atoms with E-state index in [0.29, 0.717) is 5.92 Å². The normalized spacial score (nSPS) is 23.2. The summed E-state index contributed by atoms with van der Waals surface area (Å²) >= 11 is 0. The number of alkyl carbamates (subject to hydrolysis) is 1. The van der Waals surface area contributed by atoms with Crippen LogP contribution < -0.4 is 10.6 Å². The number of aryl methyl sites for hydroxylation is 1. The van der Waals surface area contributed by atoms with Gasteiger partial charge in [0.25, 0.3) is 0 Å². The molecule has 2 aliphatic rings.